The Kier molecular flexibility index (Phi) is 3.77. The molecule has 1 saturated heterocycles. The van der Waals surface area contributed by atoms with Crippen molar-refractivity contribution in [3.63, 3.8) is 0 Å². The number of amides is 1. The number of carbonyl (C=O) groups is 1. The van der Waals surface area contributed by atoms with Crippen molar-refractivity contribution in [1.29, 1.82) is 0 Å². The average molecular weight is 346 g/mol. The minimum absolute atomic E-state index is 0.179. The average Bonchev–Trinajstić information content (AvgIpc) is 3.39. The minimum atomic E-state index is 0.179. The zero-order valence-electron chi connectivity index (χ0n) is 14.7. The maximum absolute atomic E-state index is 12.8. The summed E-state index contributed by atoms with van der Waals surface area (Å²) in [5.74, 6) is 2.06. The van der Waals surface area contributed by atoms with Gasteiger partial charge in [-0.15, -0.1) is 0 Å². The van der Waals surface area contributed by atoms with E-state index in [1.165, 1.54) is 5.56 Å². The number of hydrogen-bond acceptors (Lipinski definition) is 3. The fourth-order valence-corrected chi connectivity index (χ4v) is 4.18. The van der Waals surface area contributed by atoms with E-state index in [0.717, 1.165) is 49.3 Å². The number of carbonyl (C=O) groups excluding carboxylic acids is 1. The summed E-state index contributed by atoms with van der Waals surface area (Å²) in [4.78, 5) is 19.5. The van der Waals surface area contributed by atoms with E-state index in [0.29, 0.717) is 17.7 Å². The van der Waals surface area contributed by atoms with Gasteiger partial charge in [0.1, 0.15) is 5.52 Å². The molecule has 0 N–H and O–H groups in total. The van der Waals surface area contributed by atoms with Crippen LogP contribution < -0.4 is 0 Å². The Bertz CT molecular complexity index is 892. The summed E-state index contributed by atoms with van der Waals surface area (Å²) in [6.45, 7) is 1.61. The van der Waals surface area contributed by atoms with Gasteiger partial charge in [-0.2, -0.15) is 0 Å². The molecule has 1 saturated carbocycles. The smallest absolute Gasteiger partial charge is 0.226 e. The van der Waals surface area contributed by atoms with Crippen molar-refractivity contribution in [1.82, 2.24) is 9.88 Å². The molecule has 0 radical (unpaired) electrons. The lowest BCUT2D eigenvalue weighted by Gasteiger charge is -2.31. The van der Waals surface area contributed by atoms with Crippen LogP contribution in [0.25, 0.3) is 11.1 Å². The van der Waals surface area contributed by atoms with E-state index >= 15 is 0 Å². The number of piperidine rings is 1. The molecule has 4 nitrogen and oxygen atoms in total. The molecule has 0 spiro atoms. The van der Waals surface area contributed by atoms with E-state index in [1.807, 2.05) is 35.2 Å². The molecule has 5 rings (SSSR count). The summed E-state index contributed by atoms with van der Waals surface area (Å²) in [7, 11) is 0. The molecule has 1 aliphatic heterocycles. The van der Waals surface area contributed by atoms with E-state index in [4.69, 9.17) is 4.42 Å². The van der Waals surface area contributed by atoms with Gasteiger partial charge in [0.15, 0.2) is 11.5 Å². The molecule has 3 aromatic rings. The van der Waals surface area contributed by atoms with Crippen molar-refractivity contribution in [2.24, 2.45) is 5.92 Å². The van der Waals surface area contributed by atoms with Gasteiger partial charge in [-0.1, -0.05) is 42.5 Å². The normalized spacial score (nSPS) is 23.3. The Balaban J connectivity index is 1.21. The van der Waals surface area contributed by atoms with Crippen molar-refractivity contribution in [2.75, 3.05) is 13.1 Å². The molecule has 1 amide bonds. The highest BCUT2D eigenvalue weighted by atomic mass is 16.3. The summed E-state index contributed by atoms with van der Waals surface area (Å²) in [5.41, 5.74) is 3.07. The first-order chi connectivity index (χ1) is 12.8. The van der Waals surface area contributed by atoms with Crippen LogP contribution in [0.3, 0.4) is 0 Å². The predicted molar refractivity (Wildman–Crippen MR) is 99.9 cm³/mol. The molecular formula is C22H22N2O2. The number of rotatable bonds is 3. The maximum Gasteiger partial charge on any atom is 0.226 e. The SMILES string of the molecule is O=C([C@H]1C[C@H]1c1ccccc1)N1CCC(c2nc3ccccc3o2)CC1. The van der Waals surface area contributed by atoms with Crippen LogP contribution in [0.4, 0.5) is 0 Å². The van der Waals surface area contributed by atoms with Crippen LogP contribution in [0.2, 0.25) is 0 Å². The van der Waals surface area contributed by atoms with E-state index < -0.39 is 0 Å². The summed E-state index contributed by atoms with van der Waals surface area (Å²) in [5, 5.41) is 0. The van der Waals surface area contributed by atoms with Gasteiger partial charge in [-0.25, -0.2) is 4.98 Å². The second-order valence-corrected chi connectivity index (χ2v) is 7.48. The number of para-hydroxylation sites is 2. The Hall–Kier alpha value is -2.62. The molecule has 2 fully saturated rings. The van der Waals surface area contributed by atoms with Gasteiger partial charge in [0.25, 0.3) is 0 Å². The zero-order valence-corrected chi connectivity index (χ0v) is 14.7. The molecular weight excluding hydrogens is 324 g/mol. The third-order valence-electron chi connectivity index (χ3n) is 5.80. The van der Waals surface area contributed by atoms with Crippen LogP contribution >= 0.6 is 0 Å². The van der Waals surface area contributed by atoms with Gasteiger partial charge < -0.3 is 9.32 Å². The molecule has 2 aromatic carbocycles. The topological polar surface area (TPSA) is 46.3 Å². The molecule has 2 atom stereocenters. The lowest BCUT2D eigenvalue weighted by Crippen LogP contribution is -2.39. The Morgan fingerprint density at radius 1 is 1.00 bits per heavy atom. The Morgan fingerprint density at radius 2 is 1.73 bits per heavy atom. The minimum Gasteiger partial charge on any atom is -0.440 e. The number of nitrogens with zero attached hydrogens (tertiary/aromatic N) is 2. The van der Waals surface area contributed by atoms with Crippen LogP contribution in [0.5, 0.6) is 0 Å². The fourth-order valence-electron chi connectivity index (χ4n) is 4.18. The summed E-state index contributed by atoms with van der Waals surface area (Å²) in [6, 6.07) is 18.3. The van der Waals surface area contributed by atoms with E-state index in [-0.39, 0.29) is 5.92 Å². The standard InChI is InChI=1S/C22H22N2O2/c25-22(18-14-17(18)15-6-2-1-3-7-15)24-12-10-16(11-13-24)21-23-19-8-4-5-9-20(19)26-21/h1-9,16-18H,10-14H2/t17-,18-/m0/s1. The van der Waals surface area contributed by atoms with Crippen LogP contribution in [0.1, 0.15) is 42.6 Å². The van der Waals surface area contributed by atoms with Gasteiger partial charge in [0.05, 0.1) is 0 Å². The Morgan fingerprint density at radius 3 is 2.50 bits per heavy atom. The Labute approximate surface area is 152 Å². The maximum atomic E-state index is 12.8. The number of aromatic nitrogens is 1. The van der Waals surface area contributed by atoms with E-state index in [2.05, 4.69) is 29.2 Å². The first kappa shape index (κ1) is 15.6. The van der Waals surface area contributed by atoms with Gasteiger partial charge in [0.2, 0.25) is 5.91 Å². The van der Waals surface area contributed by atoms with Crippen LogP contribution in [-0.4, -0.2) is 28.9 Å². The highest BCUT2D eigenvalue weighted by molar-refractivity contribution is 5.83. The highest BCUT2D eigenvalue weighted by Crippen LogP contribution is 2.48. The largest absolute Gasteiger partial charge is 0.440 e. The molecule has 2 heterocycles. The van der Waals surface area contributed by atoms with Crippen LogP contribution in [0, 0.1) is 5.92 Å². The fraction of sp³-hybridized carbons (Fsp3) is 0.364. The molecule has 132 valence electrons. The quantitative estimate of drug-likeness (QED) is 0.709. The second kappa shape index (κ2) is 6.27. The lowest BCUT2D eigenvalue weighted by molar-refractivity contribution is -0.133. The van der Waals surface area contributed by atoms with Gasteiger partial charge in [0, 0.05) is 24.9 Å². The molecule has 2 aliphatic rings. The van der Waals surface area contributed by atoms with Gasteiger partial charge >= 0.3 is 0 Å². The molecule has 0 unspecified atom stereocenters. The van der Waals surface area contributed by atoms with Gasteiger partial charge in [-0.05, 0) is 42.9 Å². The number of likely N-dealkylation sites (tertiary alicyclic amines) is 1. The van der Waals surface area contributed by atoms with E-state index in [9.17, 15) is 4.79 Å². The first-order valence-electron chi connectivity index (χ1n) is 9.49. The molecule has 1 aliphatic carbocycles. The summed E-state index contributed by atoms with van der Waals surface area (Å²) < 4.78 is 5.92. The van der Waals surface area contributed by atoms with Crippen molar-refractivity contribution < 1.29 is 9.21 Å². The summed E-state index contributed by atoms with van der Waals surface area (Å²) in [6.07, 6.45) is 2.86. The highest BCUT2D eigenvalue weighted by Gasteiger charge is 2.46. The third kappa shape index (κ3) is 2.79. The summed E-state index contributed by atoms with van der Waals surface area (Å²) >= 11 is 0. The van der Waals surface area contributed by atoms with Crippen LogP contribution in [-0.2, 0) is 4.79 Å². The van der Waals surface area contributed by atoms with Crippen molar-refractivity contribution in [2.45, 2.75) is 31.1 Å². The second-order valence-electron chi connectivity index (χ2n) is 7.48. The van der Waals surface area contributed by atoms with E-state index in [1.54, 1.807) is 0 Å². The molecule has 1 aromatic heterocycles. The lowest BCUT2D eigenvalue weighted by atomic mass is 9.96. The van der Waals surface area contributed by atoms with Crippen LogP contribution in [0.15, 0.2) is 59.0 Å². The number of hydrogen-bond donors (Lipinski definition) is 0. The first-order valence-corrected chi connectivity index (χ1v) is 9.49. The number of oxazole rings is 1. The molecule has 4 heteroatoms. The number of fused-ring (bicyclic) bond motifs is 1. The zero-order chi connectivity index (χ0) is 17.5. The van der Waals surface area contributed by atoms with Gasteiger partial charge in [-0.3, -0.25) is 4.79 Å². The molecule has 26 heavy (non-hydrogen) atoms. The number of benzene rings is 2. The van der Waals surface area contributed by atoms with Crippen molar-refractivity contribution >= 4 is 17.0 Å². The van der Waals surface area contributed by atoms with Crippen molar-refractivity contribution in [3.05, 3.63) is 66.1 Å². The molecule has 0 bridgehead atoms. The van der Waals surface area contributed by atoms with Crippen molar-refractivity contribution in [3.8, 4) is 0 Å². The monoisotopic (exact) mass is 346 g/mol. The third-order valence-corrected chi connectivity index (χ3v) is 5.80. The predicted octanol–water partition coefficient (Wildman–Crippen LogP) is 4.34.